The van der Waals surface area contributed by atoms with E-state index in [9.17, 15) is 4.79 Å². The molecule has 1 spiro atoms. The van der Waals surface area contributed by atoms with Crippen molar-refractivity contribution in [1.82, 2.24) is 30.2 Å². The van der Waals surface area contributed by atoms with Crippen molar-refractivity contribution in [3.8, 4) is 0 Å². The van der Waals surface area contributed by atoms with E-state index < -0.39 is 0 Å². The van der Waals surface area contributed by atoms with Gasteiger partial charge in [0.1, 0.15) is 17.2 Å². The summed E-state index contributed by atoms with van der Waals surface area (Å²) in [5.74, 6) is 1.85. The highest BCUT2D eigenvalue weighted by Crippen LogP contribution is 2.41. The molecule has 0 aromatic carbocycles. The van der Waals surface area contributed by atoms with Crippen LogP contribution >= 0.6 is 0 Å². The normalized spacial score (nSPS) is 27.4. The fourth-order valence-corrected chi connectivity index (χ4v) is 6.47. The first-order valence-electron chi connectivity index (χ1n) is 12.0. The number of fused-ring (bicyclic) bond motifs is 6. The third-order valence-corrected chi connectivity index (χ3v) is 8.30. The number of carbonyl (C=O) groups excluding carboxylic acids is 1. The van der Waals surface area contributed by atoms with E-state index in [4.69, 9.17) is 4.98 Å². The Balaban J connectivity index is 1.18. The highest BCUT2D eigenvalue weighted by Gasteiger charge is 2.44. The second kappa shape index (κ2) is 6.90. The predicted molar refractivity (Wildman–Crippen MR) is 126 cm³/mol. The zero-order chi connectivity index (χ0) is 22.2. The number of pyridine rings is 1. The Morgan fingerprint density at radius 3 is 2.79 bits per heavy atom. The summed E-state index contributed by atoms with van der Waals surface area (Å²) in [5, 5.41) is 10.8. The van der Waals surface area contributed by atoms with E-state index in [1.807, 2.05) is 18.3 Å². The Morgan fingerprint density at radius 1 is 1.18 bits per heavy atom. The average Bonchev–Trinajstić information content (AvgIpc) is 3.61. The summed E-state index contributed by atoms with van der Waals surface area (Å²) in [6, 6.07) is 7.15. The molecule has 3 atom stereocenters. The second-order valence-corrected chi connectivity index (χ2v) is 10.1. The third kappa shape index (κ3) is 2.81. The second-order valence-electron chi connectivity index (χ2n) is 10.1. The smallest absolute Gasteiger partial charge is 0.268 e. The molecule has 33 heavy (non-hydrogen) atoms. The Bertz CT molecular complexity index is 1250. The van der Waals surface area contributed by atoms with Gasteiger partial charge in [-0.05, 0) is 37.0 Å². The quantitative estimate of drug-likeness (QED) is 0.570. The maximum atomic E-state index is 12.6. The lowest BCUT2D eigenvalue weighted by molar-refractivity contribution is 0.0876. The molecule has 0 radical (unpaired) electrons. The van der Waals surface area contributed by atoms with Crippen LogP contribution in [0, 0.1) is 5.92 Å². The van der Waals surface area contributed by atoms with Gasteiger partial charge in [-0.3, -0.25) is 4.79 Å². The molecule has 6 heterocycles. The molecule has 3 N–H and O–H groups in total. The number of hydrogen-bond acceptors (Lipinski definition) is 7. The van der Waals surface area contributed by atoms with E-state index in [2.05, 4.69) is 48.4 Å². The third-order valence-electron chi connectivity index (χ3n) is 8.30. The first kappa shape index (κ1) is 19.3. The lowest BCUT2D eigenvalue weighted by Gasteiger charge is -2.37. The maximum Gasteiger partial charge on any atom is 0.268 e. The first-order chi connectivity index (χ1) is 16.1. The van der Waals surface area contributed by atoms with Crippen molar-refractivity contribution < 1.29 is 4.79 Å². The Morgan fingerprint density at radius 2 is 2.06 bits per heavy atom. The van der Waals surface area contributed by atoms with Crippen LogP contribution in [0.15, 0.2) is 30.6 Å². The monoisotopic (exact) mass is 444 g/mol. The SMILES string of the molecule is C[C@H]1C2CN(c3ccc(Nc4ncc5cc6n(c5n4)C4(CCCC4)CNC6=O)nc3)[C@H]1CN2. The first-order valence-corrected chi connectivity index (χ1v) is 12.0. The van der Waals surface area contributed by atoms with Gasteiger partial charge in [0.05, 0.1) is 17.4 Å². The highest BCUT2D eigenvalue weighted by molar-refractivity contribution is 5.99. The lowest BCUT2D eigenvalue weighted by atomic mass is 9.94. The van der Waals surface area contributed by atoms with E-state index in [-0.39, 0.29) is 11.4 Å². The van der Waals surface area contributed by atoms with Crippen molar-refractivity contribution in [3.63, 3.8) is 0 Å². The average molecular weight is 445 g/mol. The Labute approximate surface area is 192 Å². The minimum atomic E-state index is -0.0718. The van der Waals surface area contributed by atoms with Gasteiger partial charge in [0.25, 0.3) is 5.91 Å². The number of aromatic nitrogens is 4. The molecule has 4 aliphatic rings. The summed E-state index contributed by atoms with van der Waals surface area (Å²) in [6.45, 7) is 5.08. The van der Waals surface area contributed by atoms with Gasteiger partial charge in [-0.2, -0.15) is 4.98 Å². The minimum Gasteiger partial charge on any atom is -0.364 e. The molecule has 3 aromatic heterocycles. The van der Waals surface area contributed by atoms with Gasteiger partial charge in [-0.25, -0.2) is 9.97 Å². The van der Waals surface area contributed by atoms with Crippen LogP contribution in [-0.4, -0.2) is 57.1 Å². The highest BCUT2D eigenvalue weighted by atomic mass is 16.2. The van der Waals surface area contributed by atoms with Crippen molar-refractivity contribution in [2.24, 2.45) is 5.92 Å². The Hall–Kier alpha value is -3.20. The van der Waals surface area contributed by atoms with E-state index in [0.717, 1.165) is 42.7 Å². The summed E-state index contributed by atoms with van der Waals surface area (Å²) >= 11 is 0. The number of anilines is 3. The van der Waals surface area contributed by atoms with Crippen molar-refractivity contribution >= 4 is 34.4 Å². The lowest BCUT2D eigenvalue weighted by Crippen LogP contribution is -2.50. The standard InChI is InChI=1S/C24H28N8O/c1-14-17-12-31(19(14)11-25-17)16-4-5-20(26-10-16)29-23-27-9-15-8-18-22(33)28-13-24(6-2-3-7-24)32(18)21(15)30-23/h4-5,8-10,14,17,19,25H,2-3,6-7,11-13H2,1H3,(H,28,33)(H,26,27,29,30)/t14-,17?,19-/m0/s1. The molecule has 2 saturated heterocycles. The van der Waals surface area contributed by atoms with Gasteiger partial charge in [0.15, 0.2) is 0 Å². The fraction of sp³-hybridized carbons (Fsp3) is 0.500. The molecule has 3 aliphatic heterocycles. The van der Waals surface area contributed by atoms with Crippen LogP contribution in [0.4, 0.5) is 17.5 Å². The number of rotatable bonds is 3. The number of amides is 1. The molecule has 1 amide bonds. The molecule has 2 bridgehead atoms. The van der Waals surface area contributed by atoms with Gasteiger partial charge >= 0.3 is 0 Å². The molecule has 1 saturated carbocycles. The van der Waals surface area contributed by atoms with Crippen LogP contribution in [0.25, 0.3) is 11.0 Å². The van der Waals surface area contributed by atoms with Crippen molar-refractivity contribution in [2.45, 2.75) is 50.2 Å². The summed E-state index contributed by atoms with van der Waals surface area (Å²) in [4.78, 5) is 29.0. The van der Waals surface area contributed by atoms with Crippen molar-refractivity contribution in [3.05, 3.63) is 36.3 Å². The Kier molecular flexibility index (Phi) is 4.03. The molecule has 3 fully saturated rings. The zero-order valence-electron chi connectivity index (χ0n) is 18.7. The predicted octanol–water partition coefficient (Wildman–Crippen LogP) is 2.38. The summed E-state index contributed by atoms with van der Waals surface area (Å²) in [7, 11) is 0. The molecule has 9 heteroatoms. The van der Waals surface area contributed by atoms with Gasteiger partial charge in [0.2, 0.25) is 5.95 Å². The molecule has 1 aliphatic carbocycles. The van der Waals surface area contributed by atoms with Crippen LogP contribution in [0.3, 0.4) is 0 Å². The number of nitrogens with one attached hydrogen (secondary N) is 3. The minimum absolute atomic E-state index is 0.0302. The van der Waals surface area contributed by atoms with E-state index >= 15 is 0 Å². The largest absolute Gasteiger partial charge is 0.364 e. The fourth-order valence-electron chi connectivity index (χ4n) is 6.47. The number of piperazine rings is 1. The van der Waals surface area contributed by atoms with Crippen LogP contribution in [0.1, 0.15) is 43.1 Å². The van der Waals surface area contributed by atoms with E-state index in [0.29, 0.717) is 42.0 Å². The molecule has 170 valence electrons. The number of carbonyl (C=O) groups is 1. The number of hydrogen-bond donors (Lipinski definition) is 3. The molecular formula is C24H28N8O. The maximum absolute atomic E-state index is 12.6. The molecule has 7 rings (SSSR count). The summed E-state index contributed by atoms with van der Waals surface area (Å²) < 4.78 is 2.18. The van der Waals surface area contributed by atoms with Gasteiger partial charge < -0.3 is 25.4 Å². The van der Waals surface area contributed by atoms with Crippen LogP contribution in [-0.2, 0) is 5.54 Å². The number of nitrogens with zero attached hydrogens (tertiary/aromatic N) is 5. The van der Waals surface area contributed by atoms with Crippen LogP contribution < -0.4 is 20.9 Å². The molecule has 3 aromatic rings. The van der Waals surface area contributed by atoms with E-state index in [1.165, 1.54) is 12.8 Å². The molecular weight excluding hydrogens is 416 g/mol. The van der Waals surface area contributed by atoms with Crippen molar-refractivity contribution in [1.29, 1.82) is 0 Å². The van der Waals surface area contributed by atoms with Crippen LogP contribution in [0.2, 0.25) is 0 Å². The summed E-state index contributed by atoms with van der Waals surface area (Å²) in [6.07, 6.45) is 8.21. The van der Waals surface area contributed by atoms with Gasteiger partial charge in [-0.1, -0.05) is 19.8 Å². The molecule has 9 nitrogen and oxygen atoms in total. The van der Waals surface area contributed by atoms with Gasteiger partial charge in [0, 0.05) is 43.3 Å². The topological polar surface area (TPSA) is 100 Å². The summed E-state index contributed by atoms with van der Waals surface area (Å²) in [5.41, 5.74) is 2.60. The van der Waals surface area contributed by atoms with Gasteiger partial charge in [-0.15, -0.1) is 0 Å². The van der Waals surface area contributed by atoms with Crippen molar-refractivity contribution in [2.75, 3.05) is 29.9 Å². The van der Waals surface area contributed by atoms with E-state index in [1.54, 1.807) is 6.20 Å². The van der Waals surface area contributed by atoms with Crippen LogP contribution in [0.5, 0.6) is 0 Å². The molecule has 1 unspecified atom stereocenters. The zero-order valence-corrected chi connectivity index (χ0v) is 18.7.